The van der Waals surface area contributed by atoms with E-state index in [2.05, 4.69) is 0 Å². The third-order valence-electron chi connectivity index (χ3n) is 2.35. The predicted molar refractivity (Wildman–Crippen MR) is 60.9 cm³/mol. The highest BCUT2D eigenvalue weighted by Gasteiger charge is 2.36. The first kappa shape index (κ1) is 12.7. The van der Waals surface area contributed by atoms with Crippen LogP contribution in [-0.2, 0) is 14.9 Å². The lowest BCUT2D eigenvalue weighted by Gasteiger charge is -2.12. The van der Waals surface area contributed by atoms with E-state index in [9.17, 15) is 18.0 Å². The van der Waals surface area contributed by atoms with E-state index in [1.54, 1.807) is 12.1 Å². The van der Waals surface area contributed by atoms with Gasteiger partial charge < -0.3 is 0 Å². The number of amides is 2. The maximum Gasteiger partial charge on any atom is 0.285 e. The first-order chi connectivity index (χ1) is 8.40. The van der Waals surface area contributed by atoms with Crippen LogP contribution in [0.3, 0.4) is 0 Å². The summed E-state index contributed by atoms with van der Waals surface area (Å²) in [6, 6.07) is 6.24. The smallest absolute Gasteiger partial charge is 0.266 e. The normalized spacial score (nSPS) is 15.1. The van der Waals surface area contributed by atoms with Crippen molar-refractivity contribution in [3.8, 4) is 0 Å². The molecule has 0 saturated heterocycles. The highest BCUT2D eigenvalue weighted by Crippen LogP contribution is 2.22. The van der Waals surface area contributed by atoms with Crippen molar-refractivity contribution in [1.29, 1.82) is 0 Å². The molecular formula is C10H10N2O5S. The molecule has 7 nitrogen and oxygen atoms in total. The molecular weight excluding hydrogens is 260 g/mol. The fourth-order valence-corrected chi connectivity index (χ4v) is 1.84. The first-order valence-corrected chi connectivity index (χ1v) is 6.73. The van der Waals surface area contributed by atoms with Crippen molar-refractivity contribution in [3.63, 3.8) is 0 Å². The van der Waals surface area contributed by atoms with Crippen LogP contribution in [0.1, 0.15) is 20.7 Å². The number of sulfonamides is 1. The molecule has 0 aromatic heterocycles. The minimum absolute atomic E-state index is 0.234. The molecule has 0 saturated carbocycles. The minimum atomic E-state index is -3.69. The van der Waals surface area contributed by atoms with Crippen LogP contribution in [0.15, 0.2) is 24.3 Å². The maximum atomic E-state index is 11.8. The lowest BCUT2D eigenvalue weighted by molar-refractivity contribution is -0.0856. The van der Waals surface area contributed by atoms with Crippen LogP contribution in [0.4, 0.5) is 0 Å². The average Bonchev–Trinajstić information content (AvgIpc) is 2.53. The Kier molecular flexibility index (Phi) is 3.16. The van der Waals surface area contributed by atoms with E-state index in [0.717, 1.165) is 0 Å². The Bertz CT molecular complexity index is 575. The van der Waals surface area contributed by atoms with Crippen LogP contribution < -0.4 is 5.14 Å². The molecule has 0 aliphatic carbocycles. The second-order valence-electron chi connectivity index (χ2n) is 3.65. The van der Waals surface area contributed by atoms with E-state index in [1.165, 1.54) is 12.1 Å². The standard InChI is InChI=1S/C10H10N2O5S/c11-18(15,16)6-5-17-12-9(13)7-3-1-2-4-8(7)10(12)14/h1-4H,5-6H2,(H2,11,15,16). The zero-order chi connectivity index (χ0) is 13.3. The summed E-state index contributed by atoms with van der Waals surface area (Å²) in [6.45, 7) is -0.357. The number of rotatable bonds is 4. The highest BCUT2D eigenvalue weighted by atomic mass is 32.2. The molecule has 0 bridgehead atoms. The quantitative estimate of drug-likeness (QED) is 0.742. The molecule has 2 N–H and O–H groups in total. The Labute approximate surface area is 103 Å². The SMILES string of the molecule is NS(=O)(=O)CCON1C(=O)c2ccccc2C1=O. The molecule has 8 heteroatoms. The van der Waals surface area contributed by atoms with Crippen molar-refractivity contribution in [1.82, 2.24) is 5.06 Å². The third kappa shape index (κ3) is 2.40. The van der Waals surface area contributed by atoms with Crippen LogP contribution in [-0.4, -0.2) is 37.7 Å². The highest BCUT2D eigenvalue weighted by molar-refractivity contribution is 7.89. The van der Waals surface area contributed by atoms with Gasteiger partial charge in [-0.05, 0) is 12.1 Å². The lowest BCUT2D eigenvalue weighted by atomic mass is 10.1. The maximum absolute atomic E-state index is 11.8. The molecule has 2 rings (SSSR count). The zero-order valence-electron chi connectivity index (χ0n) is 9.20. The van der Waals surface area contributed by atoms with E-state index in [1.807, 2.05) is 0 Å². The molecule has 2 amide bonds. The van der Waals surface area contributed by atoms with Gasteiger partial charge in [-0.3, -0.25) is 14.4 Å². The predicted octanol–water partition coefficient (Wildman–Crippen LogP) is -0.497. The van der Waals surface area contributed by atoms with Gasteiger partial charge >= 0.3 is 0 Å². The zero-order valence-corrected chi connectivity index (χ0v) is 10.0. The Morgan fingerprint density at radius 3 is 2.06 bits per heavy atom. The van der Waals surface area contributed by atoms with Gasteiger partial charge in [0.15, 0.2) is 0 Å². The van der Waals surface area contributed by atoms with Crippen molar-refractivity contribution in [2.24, 2.45) is 5.14 Å². The summed E-state index contributed by atoms with van der Waals surface area (Å²) in [7, 11) is -3.69. The molecule has 1 heterocycles. The van der Waals surface area contributed by atoms with Crippen LogP contribution >= 0.6 is 0 Å². The molecule has 0 unspecified atom stereocenters. The van der Waals surface area contributed by atoms with Crippen LogP contribution in [0, 0.1) is 0 Å². The van der Waals surface area contributed by atoms with Crippen molar-refractivity contribution in [2.45, 2.75) is 0 Å². The number of benzene rings is 1. The van der Waals surface area contributed by atoms with Gasteiger partial charge in [0.1, 0.15) is 0 Å². The minimum Gasteiger partial charge on any atom is -0.266 e. The van der Waals surface area contributed by atoms with E-state index < -0.39 is 27.6 Å². The summed E-state index contributed by atoms with van der Waals surface area (Å²) in [5.41, 5.74) is 0.469. The van der Waals surface area contributed by atoms with Gasteiger partial charge in [0, 0.05) is 0 Å². The first-order valence-electron chi connectivity index (χ1n) is 5.01. The Morgan fingerprint density at radius 1 is 1.11 bits per heavy atom. The van der Waals surface area contributed by atoms with Crippen molar-refractivity contribution in [3.05, 3.63) is 35.4 Å². The van der Waals surface area contributed by atoms with Gasteiger partial charge in [-0.15, -0.1) is 5.06 Å². The number of hydrogen-bond donors (Lipinski definition) is 1. The van der Waals surface area contributed by atoms with E-state index >= 15 is 0 Å². The van der Waals surface area contributed by atoms with Crippen LogP contribution in [0.5, 0.6) is 0 Å². The second-order valence-corrected chi connectivity index (χ2v) is 5.38. The number of hydroxylamine groups is 2. The van der Waals surface area contributed by atoms with Gasteiger partial charge in [-0.1, -0.05) is 12.1 Å². The molecule has 0 fully saturated rings. The molecule has 96 valence electrons. The van der Waals surface area contributed by atoms with E-state index in [-0.39, 0.29) is 17.7 Å². The fourth-order valence-electron chi connectivity index (χ4n) is 1.53. The Morgan fingerprint density at radius 2 is 1.61 bits per heavy atom. The third-order valence-corrected chi connectivity index (χ3v) is 3.08. The fraction of sp³-hybridized carbons (Fsp3) is 0.200. The molecule has 1 aromatic carbocycles. The van der Waals surface area contributed by atoms with Crippen molar-refractivity contribution < 1.29 is 22.8 Å². The lowest BCUT2D eigenvalue weighted by Crippen LogP contribution is -2.32. The number of carbonyl (C=O) groups is 2. The summed E-state index contributed by atoms with van der Waals surface area (Å²) >= 11 is 0. The van der Waals surface area contributed by atoms with Gasteiger partial charge in [-0.2, -0.15) is 0 Å². The largest absolute Gasteiger partial charge is 0.285 e. The van der Waals surface area contributed by atoms with E-state index in [0.29, 0.717) is 5.06 Å². The number of nitrogens with two attached hydrogens (primary N) is 1. The summed E-state index contributed by atoms with van der Waals surface area (Å²) < 4.78 is 21.4. The van der Waals surface area contributed by atoms with Gasteiger partial charge in [0.2, 0.25) is 10.0 Å². The number of nitrogens with zero attached hydrogens (tertiary/aromatic N) is 1. The molecule has 0 spiro atoms. The monoisotopic (exact) mass is 270 g/mol. The Hall–Kier alpha value is -1.77. The molecule has 1 aliphatic rings. The van der Waals surface area contributed by atoms with Gasteiger partial charge in [0.05, 0.1) is 23.5 Å². The molecule has 0 radical (unpaired) electrons. The average molecular weight is 270 g/mol. The van der Waals surface area contributed by atoms with Crippen molar-refractivity contribution in [2.75, 3.05) is 12.4 Å². The van der Waals surface area contributed by atoms with Crippen LogP contribution in [0.25, 0.3) is 0 Å². The van der Waals surface area contributed by atoms with Crippen LogP contribution in [0.2, 0.25) is 0 Å². The van der Waals surface area contributed by atoms with E-state index in [4.69, 9.17) is 9.98 Å². The number of imide groups is 1. The van der Waals surface area contributed by atoms with Gasteiger partial charge in [0.25, 0.3) is 11.8 Å². The summed E-state index contributed by atoms with van der Waals surface area (Å²) in [4.78, 5) is 28.4. The number of fused-ring (bicyclic) bond motifs is 1. The number of hydrogen-bond acceptors (Lipinski definition) is 5. The molecule has 1 aliphatic heterocycles. The summed E-state index contributed by atoms with van der Waals surface area (Å²) in [6.07, 6.45) is 0. The second kappa shape index (κ2) is 4.48. The topological polar surface area (TPSA) is 107 Å². The van der Waals surface area contributed by atoms with Crippen molar-refractivity contribution >= 4 is 21.8 Å². The summed E-state index contributed by atoms with van der Waals surface area (Å²) in [5.74, 6) is -1.68. The molecule has 0 atom stereocenters. The number of carbonyl (C=O) groups excluding carboxylic acids is 2. The Balaban J connectivity index is 2.10. The van der Waals surface area contributed by atoms with Gasteiger partial charge in [-0.25, -0.2) is 13.6 Å². The molecule has 1 aromatic rings. The summed E-state index contributed by atoms with van der Waals surface area (Å²) in [5, 5.41) is 5.33. The number of primary sulfonamides is 1. The molecule has 18 heavy (non-hydrogen) atoms.